The Labute approximate surface area is 114 Å². The monoisotopic (exact) mass is 316 g/mol. The molecule has 0 unspecified atom stereocenters. The van der Waals surface area contributed by atoms with E-state index in [9.17, 15) is 9.59 Å². The van der Waals surface area contributed by atoms with Gasteiger partial charge < -0.3 is 9.72 Å². The summed E-state index contributed by atoms with van der Waals surface area (Å²) in [5, 5.41) is 0. The fourth-order valence-electron chi connectivity index (χ4n) is 1.41. The molecule has 0 saturated carbocycles. The van der Waals surface area contributed by atoms with Crippen molar-refractivity contribution in [3.05, 3.63) is 26.6 Å². The quantitative estimate of drug-likeness (QED) is 0.866. The Morgan fingerprint density at radius 1 is 1.44 bits per heavy atom. The van der Waals surface area contributed by atoms with Crippen LogP contribution in [0.5, 0.6) is 0 Å². The number of halogens is 1. The van der Waals surface area contributed by atoms with Gasteiger partial charge in [0.25, 0.3) is 5.56 Å². The van der Waals surface area contributed by atoms with E-state index in [4.69, 9.17) is 4.74 Å². The van der Waals surface area contributed by atoms with Gasteiger partial charge in [-0.2, -0.15) is 0 Å². The van der Waals surface area contributed by atoms with Crippen molar-refractivity contribution >= 4 is 27.7 Å². The molecular formula is C12H17BrN2O3. The highest BCUT2D eigenvalue weighted by Gasteiger charge is 2.23. The summed E-state index contributed by atoms with van der Waals surface area (Å²) in [4.78, 5) is 27.5. The molecule has 1 aromatic heterocycles. The first-order valence-corrected chi connectivity index (χ1v) is 6.27. The van der Waals surface area contributed by atoms with Crippen molar-refractivity contribution in [1.82, 2.24) is 4.98 Å². The minimum atomic E-state index is -0.599. The molecule has 0 aliphatic heterocycles. The molecule has 0 aliphatic rings. The molecule has 1 aromatic rings. The minimum Gasteiger partial charge on any atom is -0.443 e. The van der Waals surface area contributed by atoms with Crippen LogP contribution in [0.1, 0.15) is 26.3 Å². The van der Waals surface area contributed by atoms with Crippen molar-refractivity contribution < 1.29 is 9.53 Å². The van der Waals surface area contributed by atoms with Crippen molar-refractivity contribution in [3.8, 4) is 0 Å². The number of H-pyrrole nitrogens is 1. The summed E-state index contributed by atoms with van der Waals surface area (Å²) in [7, 11) is 1.51. The van der Waals surface area contributed by atoms with Gasteiger partial charge in [-0.25, -0.2) is 4.79 Å². The van der Waals surface area contributed by atoms with E-state index >= 15 is 0 Å². The average Bonchev–Trinajstić information content (AvgIpc) is 2.21. The number of ether oxygens (including phenoxy) is 1. The van der Waals surface area contributed by atoms with E-state index in [-0.39, 0.29) is 11.2 Å². The van der Waals surface area contributed by atoms with Gasteiger partial charge in [-0.05, 0) is 49.2 Å². The summed E-state index contributed by atoms with van der Waals surface area (Å²) < 4.78 is 5.95. The van der Waals surface area contributed by atoms with Gasteiger partial charge in [0, 0.05) is 17.7 Å². The number of carbonyl (C=O) groups is 1. The maximum Gasteiger partial charge on any atom is 0.414 e. The number of anilines is 1. The van der Waals surface area contributed by atoms with E-state index in [0.717, 1.165) is 4.47 Å². The maximum atomic E-state index is 11.9. The summed E-state index contributed by atoms with van der Waals surface area (Å²) in [5.41, 5.74) is 0.0349. The maximum absolute atomic E-state index is 11.9. The zero-order valence-electron chi connectivity index (χ0n) is 11.1. The van der Waals surface area contributed by atoms with E-state index in [2.05, 4.69) is 20.9 Å². The number of hydrogen-bond acceptors (Lipinski definition) is 3. The lowest BCUT2D eigenvalue weighted by Gasteiger charge is -2.25. The van der Waals surface area contributed by atoms with Crippen molar-refractivity contribution in [3.63, 3.8) is 0 Å². The van der Waals surface area contributed by atoms with Crippen LogP contribution in [0.2, 0.25) is 0 Å². The molecule has 0 fully saturated rings. The highest BCUT2D eigenvalue weighted by Crippen LogP contribution is 2.22. The summed E-state index contributed by atoms with van der Waals surface area (Å²) in [5.74, 6) is 0. The molecule has 0 aliphatic carbocycles. The van der Waals surface area contributed by atoms with Crippen LogP contribution in [-0.2, 0) is 4.74 Å². The number of nitrogens with zero attached hydrogens (tertiary/aromatic N) is 1. The Hall–Kier alpha value is -1.30. The number of aromatic nitrogens is 1. The molecule has 0 atom stereocenters. The van der Waals surface area contributed by atoms with Crippen LogP contribution in [-0.4, -0.2) is 23.7 Å². The lowest BCUT2D eigenvalue weighted by molar-refractivity contribution is 0.0589. The highest BCUT2D eigenvalue weighted by molar-refractivity contribution is 9.10. The SMILES string of the molecule is Cc1c(Br)c[nH]c(=O)c1N(C)C(=O)OC(C)(C)C. The number of nitrogens with one attached hydrogen (secondary N) is 1. The predicted octanol–water partition coefficient (Wildman–Crippen LogP) is 2.82. The molecule has 1 amide bonds. The van der Waals surface area contributed by atoms with Crippen molar-refractivity contribution in [2.45, 2.75) is 33.3 Å². The number of amides is 1. The first-order chi connectivity index (χ1) is 8.13. The van der Waals surface area contributed by atoms with Gasteiger partial charge >= 0.3 is 6.09 Å². The summed E-state index contributed by atoms with van der Waals surface area (Å²) in [6.07, 6.45) is 0.985. The molecule has 0 spiro atoms. The Morgan fingerprint density at radius 2 is 2.00 bits per heavy atom. The molecule has 1 heterocycles. The van der Waals surface area contributed by atoms with Crippen LogP contribution in [0, 0.1) is 6.92 Å². The number of pyridine rings is 1. The molecule has 18 heavy (non-hydrogen) atoms. The summed E-state index contributed by atoms with van der Waals surface area (Å²) in [6, 6.07) is 0. The molecule has 6 heteroatoms. The van der Waals surface area contributed by atoms with Gasteiger partial charge in [0.15, 0.2) is 0 Å². The van der Waals surface area contributed by atoms with Crippen LogP contribution in [0.15, 0.2) is 15.5 Å². The van der Waals surface area contributed by atoms with E-state index in [1.165, 1.54) is 11.9 Å². The van der Waals surface area contributed by atoms with E-state index in [1.807, 2.05) is 0 Å². The first-order valence-electron chi connectivity index (χ1n) is 5.48. The second kappa shape index (κ2) is 5.14. The van der Waals surface area contributed by atoms with Crippen LogP contribution in [0.3, 0.4) is 0 Å². The van der Waals surface area contributed by atoms with E-state index in [0.29, 0.717) is 5.56 Å². The molecule has 5 nitrogen and oxygen atoms in total. The number of hydrogen-bond donors (Lipinski definition) is 1. The van der Waals surface area contributed by atoms with Gasteiger partial charge in [-0.1, -0.05) is 0 Å². The van der Waals surface area contributed by atoms with Gasteiger partial charge in [0.2, 0.25) is 0 Å². The van der Waals surface area contributed by atoms with Crippen molar-refractivity contribution in [2.24, 2.45) is 0 Å². The molecular weight excluding hydrogens is 300 g/mol. The van der Waals surface area contributed by atoms with E-state index in [1.54, 1.807) is 33.9 Å². The Morgan fingerprint density at radius 3 is 2.50 bits per heavy atom. The standard InChI is InChI=1S/C12H17BrN2O3/c1-7-8(13)6-14-10(16)9(7)15(5)11(17)18-12(2,3)4/h6H,1-5H3,(H,14,16). The average molecular weight is 317 g/mol. The summed E-state index contributed by atoms with van der Waals surface area (Å²) >= 11 is 3.31. The fourth-order valence-corrected chi connectivity index (χ4v) is 1.72. The van der Waals surface area contributed by atoms with Crippen molar-refractivity contribution in [2.75, 3.05) is 11.9 Å². The summed E-state index contributed by atoms with van der Waals surface area (Å²) in [6.45, 7) is 7.08. The third-order valence-corrected chi connectivity index (χ3v) is 3.08. The molecule has 1 N–H and O–H groups in total. The molecule has 1 rings (SSSR count). The van der Waals surface area contributed by atoms with Crippen LogP contribution in [0.4, 0.5) is 10.5 Å². The van der Waals surface area contributed by atoms with E-state index < -0.39 is 11.7 Å². The lowest BCUT2D eigenvalue weighted by atomic mass is 10.2. The smallest absolute Gasteiger partial charge is 0.414 e. The third kappa shape index (κ3) is 3.35. The van der Waals surface area contributed by atoms with Crippen molar-refractivity contribution in [1.29, 1.82) is 0 Å². The molecule has 0 radical (unpaired) electrons. The normalized spacial score (nSPS) is 11.2. The predicted molar refractivity (Wildman–Crippen MR) is 74.1 cm³/mol. The van der Waals surface area contributed by atoms with Crippen LogP contribution < -0.4 is 10.5 Å². The van der Waals surface area contributed by atoms with Crippen LogP contribution in [0.25, 0.3) is 0 Å². The second-order valence-electron chi connectivity index (χ2n) is 4.98. The fraction of sp³-hybridized carbons (Fsp3) is 0.500. The lowest BCUT2D eigenvalue weighted by Crippen LogP contribution is -2.37. The largest absolute Gasteiger partial charge is 0.443 e. The Balaban J connectivity index is 3.12. The molecule has 0 bridgehead atoms. The van der Waals surface area contributed by atoms with Crippen LogP contribution >= 0.6 is 15.9 Å². The minimum absolute atomic E-state index is 0.277. The number of rotatable bonds is 1. The Bertz CT molecular complexity index is 517. The first kappa shape index (κ1) is 14.8. The molecule has 0 saturated heterocycles. The van der Waals surface area contributed by atoms with Gasteiger partial charge in [0.05, 0.1) is 0 Å². The molecule has 100 valence electrons. The topological polar surface area (TPSA) is 62.4 Å². The molecule has 0 aromatic carbocycles. The number of carbonyl (C=O) groups excluding carboxylic acids is 1. The van der Waals surface area contributed by atoms with Gasteiger partial charge in [-0.15, -0.1) is 0 Å². The van der Waals surface area contributed by atoms with Gasteiger partial charge in [-0.3, -0.25) is 9.69 Å². The second-order valence-corrected chi connectivity index (χ2v) is 5.83. The van der Waals surface area contributed by atoms with Gasteiger partial charge in [0.1, 0.15) is 11.3 Å². The Kier molecular flexibility index (Phi) is 4.21. The highest BCUT2D eigenvalue weighted by atomic mass is 79.9. The zero-order valence-corrected chi connectivity index (χ0v) is 12.7. The third-order valence-electron chi connectivity index (χ3n) is 2.26. The zero-order chi connectivity index (χ0) is 14.1. The number of aromatic amines is 1.